The number of aromatic nitrogens is 2. The minimum atomic E-state index is -0.438. The van der Waals surface area contributed by atoms with Crippen molar-refractivity contribution in [1.82, 2.24) is 9.97 Å². The topological polar surface area (TPSA) is 65.5 Å². The van der Waals surface area contributed by atoms with Crippen molar-refractivity contribution in [2.75, 3.05) is 25.6 Å². The second-order valence-corrected chi connectivity index (χ2v) is 8.54. The molecule has 2 aromatic heterocycles. The molecule has 146 valence electrons. The van der Waals surface area contributed by atoms with Crippen LogP contribution in [0.25, 0.3) is 10.2 Å². The van der Waals surface area contributed by atoms with Crippen LogP contribution in [-0.2, 0) is 22.3 Å². The number of rotatable bonds is 3. The molecule has 1 aromatic carbocycles. The van der Waals surface area contributed by atoms with Gasteiger partial charge in [0.15, 0.2) is 5.79 Å². The van der Waals surface area contributed by atoms with E-state index in [1.165, 1.54) is 21.6 Å². The van der Waals surface area contributed by atoms with Crippen molar-refractivity contribution in [2.24, 2.45) is 0 Å². The van der Waals surface area contributed by atoms with Crippen LogP contribution in [0.2, 0.25) is 0 Å². The monoisotopic (exact) mass is 397 g/mol. The first kappa shape index (κ1) is 17.8. The number of nitrogens with zero attached hydrogens (tertiary/aromatic N) is 2. The van der Waals surface area contributed by atoms with Crippen molar-refractivity contribution in [3.8, 4) is 5.75 Å². The Balaban J connectivity index is 1.57. The molecule has 0 saturated carbocycles. The molecule has 5 rings (SSSR count). The number of aryl methyl sites for hydroxylation is 3. The Morgan fingerprint density at radius 1 is 1.14 bits per heavy atom. The molecule has 1 N–H and O–H groups in total. The third kappa shape index (κ3) is 2.85. The zero-order chi connectivity index (χ0) is 19.3. The van der Waals surface area contributed by atoms with E-state index in [-0.39, 0.29) is 0 Å². The Morgan fingerprint density at radius 2 is 1.93 bits per heavy atom. The lowest BCUT2D eigenvalue weighted by Crippen LogP contribution is -2.36. The summed E-state index contributed by atoms with van der Waals surface area (Å²) >= 11 is 1.72. The van der Waals surface area contributed by atoms with Crippen LogP contribution in [0.4, 0.5) is 11.5 Å². The third-order valence-corrected chi connectivity index (χ3v) is 6.88. The fourth-order valence-electron chi connectivity index (χ4n) is 4.11. The van der Waals surface area contributed by atoms with Gasteiger partial charge in [-0.05, 0) is 49.1 Å². The van der Waals surface area contributed by atoms with Crippen molar-refractivity contribution >= 4 is 33.1 Å². The first-order chi connectivity index (χ1) is 13.6. The molecule has 6 nitrogen and oxygen atoms in total. The van der Waals surface area contributed by atoms with Crippen LogP contribution in [0.5, 0.6) is 5.75 Å². The highest BCUT2D eigenvalue weighted by Crippen LogP contribution is 2.44. The number of benzene rings is 1. The number of nitrogens with one attached hydrogen (secondary N) is 1. The van der Waals surface area contributed by atoms with E-state index >= 15 is 0 Å². The van der Waals surface area contributed by atoms with E-state index < -0.39 is 5.79 Å². The van der Waals surface area contributed by atoms with Crippen LogP contribution in [0.1, 0.15) is 28.0 Å². The highest BCUT2D eigenvalue weighted by Gasteiger charge is 2.41. The fourth-order valence-corrected chi connectivity index (χ4v) is 5.39. The van der Waals surface area contributed by atoms with Crippen molar-refractivity contribution in [3.63, 3.8) is 0 Å². The number of hydrogen-bond donors (Lipinski definition) is 1. The maximum Gasteiger partial charge on any atom is 0.173 e. The lowest BCUT2D eigenvalue weighted by Gasteiger charge is -2.31. The molecule has 2 aliphatic rings. The zero-order valence-electron chi connectivity index (χ0n) is 16.3. The molecule has 3 heterocycles. The van der Waals surface area contributed by atoms with Crippen LogP contribution in [0, 0.1) is 13.8 Å². The van der Waals surface area contributed by atoms with E-state index in [0.717, 1.165) is 46.7 Å². The Morgan fingerprint density at radius 3 is 2.71 bits per heavy atom. The molecule has 3 aromatic rings. The van der Waals surface area contributed by atoms with E-state index in [1.54, 1.807) is 24.8 Å². The number of thiophene rings is 1. The SMILES string of the molecule is COc1cc(C)c(C)cc1Nc1ncnc2sc3c(c12)CCC1(C3)OCCO1. The predicted octanol–water partition coefficient (Wildman–Crippen LogP) is 4.29. The van der Waals surface area contributed by atoms with E-state index in [1.807, 2.05) is 0 Å². The van der Waals surface area contributed by atoms with Crippen LogP contribution < -0.4 is 10.1 Å². The number of hydrogen-bond acceptors (Lipinski definition) is 7. The molecular weight excluding hydrogens is 374 g/mol. The molecular formula is C21H23N3O3S. The van der Waals surface area contributed by atoms with Gasteiger partial charge in [0.2, 0.25) is 0 Å². The molecule has 0 radical (unpaired) electrons. The summed E-state index contributed by atoms with van der Waals surface area (Å²) < 4.78 is 17.4. The lowest BCUT2D eigenvalue weighted by molar-refractivity contribution is -0.163. The van der Waals surface area contributed by atoms with E-state index in [2.05, 4.69) is 41.3 Å². The van der Waals surface area contributed by atoms with Crippen molar-refractivity contribution in [3.05, 3.63) is 40.0 Å². The lowest BCUT2D eigenvalue weighted by atomic mass is 9.92. The number of ether oxygens (including phenoxy) is 3. The standard InChI is InChI=1S/C21H23N3O3S/c1-12-8-15(16(25-3)9-13(12)2)24-19-18-14-4-5-21(26-6-7-27-21)10-17(14)28-20(18)23-11-22-19/h8-9,11H,4-7,10H2,1-3H3,(H,22,23,24). The molecule has 0 unspecified atom stereocenters. The van der Waals surface area contributed by atoms with Gasteiger partial charge < -0.3 is 19.5 Å². The Labute approximate surface area is 167 Å². The highest BCUT2D eigenvalue weighted by molar-refractivity contribution is 7.19. The van der Waals surface area contributed by atoms with Crippen LogP contribution in [0.15, 0.2) is 18.5 Å². The summed E-state index contributed by atoms with van der Waals surface area (Å²) in [5, 5.41) is 4.61. The fraction of sp³-hybridized carbons (Fsp3) is 0.429. The van der Waals surface area contributed by atoms with E-state index in [4.69, 9.17) is 14.2 Å². The first-order valence-corrected chi connectivity index (χ1v) is 10.4. The first-order valence-electron chi connectivity index (χ1n) is 9.54. The van der Waals surface area contributed by atoms with Gasteiger partial charge in [-0.25, -0.2) is 9.97 Å². The summed E-state index contributed by atoms with van der Waals surface area (Å²) in [6.07, 6.45) is 4.18. The largest absolute Gasteiger partial charge is 0.495 e. The Kier molecular flexibility index (Phi) is 4.26. The van der Waals surface area contributed by atoms with Crippen molar-refractivity contribution in [2.45, 2.75) is 38.9 Å². The van der Waals surface area contributed by atoms with Gasteiger partial charge in [0.25, 0.3) is 0 Å². The molecule has 1 aliphatic heterocycles. The van der Waals surface area contributed by atoms with Gasteiger partial charge in [0.05, 0.1) is 31.4 Å². The van der Waals surface area contributed by atoms with E-state index in [0.29, 0.717) is 13.2 Å². The Bertz CT molecular complexity index is 1060. The van der Waals surface area contributed by atoms with Crippen molar-refractivity contribution in [1.29, 1.82) is 0 Å². The second-order valence-electron chi connectivity index (χ2n) is 7.45. The van der Waals surface area contributed by atoms with Gasteiger partial charge in [0, 0.05) is 17.7 Å². The molecule has 1 aliphatic carbocycles. The molecule has 1 fully saturated rings. The molecule has 0 bridgehead atoms. The van der Waals surface area contributed by atoms with Crippen LogP contribution in [-0.4, -0.2) is 36.1 Å². The zero-order valence-corrected chi connectivity index (χ0v) is 17.1. The van der Waals surface area contributed by atoms with Crippen molar-refractivity contribution < 1.29 is 14.2 Å². The molecule has 0 amide bonds. The number of anilines is 2. The summed E-state index contributed by atoms with van der Waals surface area (Å²) in [6, 6.07) is 4.16. The number of methoxy groups -OCH3 is 1. The van der Waals surface area contributed by atoms with Gasteiger partial charge in [-0.1, -0.05) is 0 Å². The van der Waals surface area contributed by atoms with Gasteiger partial charge in [-0.15, -0.1) is 11.3 Å². The average molecular weight is 398 g/mol. The highest BCUT2D eigenvalue weighted by atomic mass is 32.1. The van der Waals surface area contributed by atoms with Crippen LogP contribution >= 0.6 is 11.3 Å². The van der Waals surface area contributed by atoms with Gasteiger partial charge in [-0.3, -0.25) is 0 Å². The summed E-state index contributed by atoms with van der Waals surface area (Å²) in [4.78, 5) is 11.4. The van der Waals surface area contributed by atoms with E-state index in [9.17, 15) is 0 Å². The average Bonchev–Trinajstić information content (AvgIpc) is 3.29. The summed E-state index contributed by atoms with van der Waals surface area (Å²) in [7, 11) is 1.69. The maximum absolute atomic E-state index is 5.93. The quantitative estimate of drug-likeness (QED) is 0.711. The summed E-state index contributed by atoms with van der Waals surface area (Å²) in [5.41, 5.74) is 4.64. The minimum Gasteiger partial charge on any atom is -0.495 e. The van der Waals surface area contributed by atoms with Gasteiger partial charge in [-0.2, -0.15) is 0 Å². The summed E-state index contributed by atoms with van der Waals surface area (Å²) in [6.45, 7) is 5.55. The van der Waals surface area contributed by atoms with Gasteiger partial charge in [0.1, 0.15) is 22.7 Å². The second kappa shape index (κ2) is 6.69. The third-order valence-electron chi connectivity index (χ3n) is 5.74. The molecule has 28 heavy (non-hydrogen) atoms. The summed E-state index contributed by atoms with van der Waals surface area (Å²) in [5.74, 6) is 1.20. The van der Waals surface area contributed by atoms with Crippen LogP contribution in [0.3, 0.4) is 0 Å². The molecule has 7 heteroatoms. The smallest absolute Gasteiger partial charge is 0.173 e. The number of fused-ring (bicyclic) bond motifs is 3. The Hall–Kier alpha value is -2.22. The maximum atomic E-state index is 5.93. The molecule has 1 saturated heterocycles. The normalized spacial score (nSPS) is 17.8. The minimum absolute atomic E-state index is 0.438. The predicted molar refractivity (Wildman–Crippen MR) is 110 cm³/mol. The molecule has 0 atom stereocenters. The van der Waals surface area contributed by atoms with Gasteiger partial charge >= 0.3 is 0 Å². The molecule has 1 spiro atoms.